The van der Waals surface area contributed by atoms with Gasteiger partial charge in [-0.2, -0.15) is 33.7 Å². The van der Waals surface area contributed by atoms with Crippen LogP contribution in [0.15, 0.2) is 207 Å². The van der Waals surface area contributed by atoms with E-state index in [2.05, 4.69) is 16.7 Å². The fourth-order valence-corrected chi connectivity index (χ4v) is 18.0. The highest BCUT2D eigenvalue weighted by molar-refractivity contribution is 8.03. The lowest BCUT2D eigenvalue weighted by atomic mass is 10.3. The molecule has 10 aromatic rings. The summed E-state index contributed by atoms with van der Waals surface area (Å²) in [6.45, 7) is 0.532. The molecular formula is C62H30F20O18S8. The normalized spacial score (nSPS) is 12.2. The summed E-state index contributed by atoms with van der Waals surface area (Å²) in [6, 6.07) is 35.0. The number of hydrogen-bond donors (Lipinski definition) is 0. The van der Waals surface area contributed by atoms with Crippen molar-refractivity contribution in [1.29, 1.82) is 0 Å². The molecule has 0 aliphatic rings. The number of benzene rings is 10. The van der Waals surface area contributed by atoms with E-state index in [4.69, 9.17) is 0 Å². The van der Waals surface area contributed by atoms with Crippen molar-refractivity contribution in [1.82, 2.24) is 0 Å². The fraction of sp³-hybridized carbons (Fsp3) is 0.0323. The quantitative estimate of drug-likeness (QED) is 0.0171. The summed E-state index contributed by atoms with van der Waals surface area (Å²) in [6.07, 6.45) is 0. The van der Waals surface area contributed by atoms with E-state index in [9.17, 15) is 147 Å². The summed E-state index contributed by atoms with van der Waals surface area (Å²) in [5, 5.41) is 0. The first-order valence-corrected chi connectivity index (χ1v) is 38.8. The molecule has 0 atom stereocenters. The van der Waals surface area contributed by atoms with E-state index in [1.54, 1.807) is 60.7 Å². The zero-order valence-electron chi connectivity index (χ0n) is 51.8. The molecule has 18 nitrogen and oxygen atoms in total. The molecule has 574 valence electrons. The van der Waals surface area contributed by atoms with Gasteiger partial charge in [0.25, 0.3) is 0 Å². The van der Waals surface area contributed by atoms with Crippen molar-refractivity contribution in [3.63, 3.8) is 0 Å². The van der Waals surface area contributed by atoms with E-state index in [0.717, 1.165) is 48.5 Å². The Morgan fingerprint density at radius 2 is 0.370 bits per heavy atom. The minimum Gasteiger partial charge on any atom is -0.747 e. The maximum atomic E-state index is 14.1. The lowest BCUT2D eigenvalue weighted by Gasteiger charge is -2.18. The molecule has 0 aliphatic carbocycles. The monoisotopic (exact) mass is 1700 g/mol. The van der Waals surface area contributed by atoms with Gasteiger partial charge in [0.2, 0.25) is 23.3 Å². The highest BCUT2D eigenvalue weighted by atomic mass is 32.3. The van der Waals surface area contributed by atoms with Crippen LogP contribution in [0.2, 0.25) is 0 Å². The molecule has 0 bridgehead atoms. The zero-order valence-corrected chi connectivity index (χ0v) is 58.3. The Morgan fingerprint density at radius 1 is 0.231 bits per heavy atom. The highest BCUT2D eigenvalue weighted by Gasteiger charge is 2.41. The molecule has 0 heterocycles. The molecule has 0 saturated carbocycles. The third kappa shape index (κ3) is 17.7. The molecule has 0 saturated heterocycles. The molecule has 0 unspecified atom stereocenters. The van der Waals surface area contributed by atoms with Gasteiger partial charge in [-0.25, -0.2) is 105 Å². The van der Waals surface area contributed by atoms with Crippen LogP contribution in [0.4, 0.5) is 87.8 Å². The first-order chi connectivity index (χ1) is 50.1. The lowest BCUT2D eigenvalue weighted by Crippen LogP contribution is -2.26. The van der Waals surface area contributed by atoms with Crippen LogP contribution >= 0.6 is 0 Å². The molecular weight excluding hydrogens is 1670 g/mol. The molecule has 0 aromatic heterocycles. The maximum absolute atomic E-state index is 14.1. The zero-order chi connectivity index (χ0) is 80.6. The molecule has 0 spiro atoms. The van der Waals surface area contributed by atoms with Crippen molar-refractivity contribution in [3.05, 3.63) is 274 Å². The molecule has 0 aliphatic heterocycles. The minimum atomic E-state index is -5.59. The fourth-order valence-electron chi connectivity index (χ4n) is 8.49. The molecule has 0 radical (unpaired) electrons. The summed E-state index contributed by atoms with van der Waals surface area (Å²) < 4.78 is 451. The van der Waals surface area contributed by atoms with E-state index in [-0.39, 0.29) is 0 Å². The van der Waals surface area contributed by atoms with Gasteiger partial charge in [0.15, 0.2) is 142 Å². The van der Waals surface area contributed by atoms with E-state index >= 15 is 0 Å². The number of rotatable bonds is 20. The second-order valence-electron chi connectivity index (χ2n) is 20.4. The van der Waals surface area contributed by atoms with Crippen LogP contribution in [-0.4, -0.2) is 64.2 Å². The van der Waals surface area contributed by atoms with Gasteiger partial charge in [-0.1, -0.05) is 36.4 Å². The van der Waals surface area contributed by atoms with Crippen molar-refractivity contribution in [2.45, 2.75) is 60.5 Å². The van der Waals surface area contributed by atoms with Crippen LogP contribution in [0, 0.1) is 116 Å². The highest BCUT2D eigenvalue weighted by Crippen LogP contribution is 2.39. The van der Waals surface area contributed by atoms with Gasteiger partial charge in [0, 0.05) is 0 Å². The first kappa shape index (κ1) is 84.0. The predicted molar refractivity (Wildman–Crippen MR) is 328 cm³/mol. The van der Waals surface area contributed by atoms with Crippen LogP contribution in [0.1, 0.15) is 6.92 Å². The molecule has 0 N–H and O–H groups in total. The molecule has 0 fully saturated rings. The van der Waals surface area contributed by atoms with E-state index in [0.29, 0.717) is 36.3 Å². The standard InChI is InChI=1S/2C30H13F10O6S3.C2H6O6S2/c2*31-19-21(33)25(37)29(26(38)22(19)34)48(41,42)45-14-6-10-17(11-7-14)47(16-4-2-1-3-5-16)18-12-8-15(9-13-18)46-49(43,44)30-27(39)23(35)20(32)24(36)28(30)40;1-2(9(3,4)5)10(6,7)8/h2*1-13H;2H,1H3,(H,3,4,5)(H,6,7,8)/q2*+1;/p-2. The summed E-state index contributed by atoms with van der Waals surface area (Å²) in [4.78, 5) is -6.03. The minimum absolute atomic E-state index is 0.398. The van der Waals surface area contributed by atoms with Crippen LogP contribution in [0.5, 0.6) is 23.0 Å². The Labute approximate surface area is 600 Å². The Morgan fingerprint density at radius 3 is 0.509 bits per heavy atom. The first-order valence-electron chi connectivity index (χ1n) is 27.8. The number of halogens is 20. The Balaban J connectivity index is 0.000000241. The van der Waals surface area contributed by atoms with Gasteiger partial charge >= 0.3 is 40.5 Å². The van der Waals surface area contributed by atoms with Crippen LogP contribution in [-0.2, 0) is 82.5 Å². The van der Waals surface area contributed by atoms with Crippen molar-refractivity contribution >= 4 is 82.5 Å². The Bertz CT molecular complexity index is 5130. The van der Waals surface area contributed by atoms with Crippen molar-refractivity contribution in [2.24, 2.45) is 0 Å². The van der Waals surface area contributed by atoms with Gasteiger partial charge in [-0.3, -0.25) is 0 Å². The van der Waals surface area contributed by atoms with Crippen LogP contribution in [0.25, 0.3) is 0 Å². The second-order valence-corrected chi connectivity index (χ2v) is 34.1. The predicted octanol–water partition coefficient (Wildman–Crippen LogP) is 13.8. The summed E-state index contributed by atoms with van der Waals surface area (Å²) in [5.41, 5.74) is 0. The largest absolute Gasteiger partial charge is 0.747 e. The average molecular weight is 1700 g/mol. The van der Waals surface area contributed by atoms with Gasteiger partial charge < -0.3 is 25.8 Å². The average Bonchev–Trinajstić information content (AvgIpc) is 0.736. The van der Waals surface area contributed by atoms with Crippen LogP contribution in [0.3, 0.4) is 0 Å². The maximum Gasteiger partial charge on any atom is 0.345 e. The molecule has 0 amide bonds. The molecule has 108 heavy (non-hydrogen) atoms. The molecule has 46 heteroatoms. The summed E-state index contributed by atoms with van der Waals surface area (Å²) in [7, 11) is -34.6. The van der Waals surface area contributed by atoms with Crippen molar-refractivity contribution < 1.29 is 164 Å². The Kier molecular flexibility index (Phi) is 25.1. The van der Waals surface area contributed by atoms with Crippen molar-refractivity contribution in [3.8, 4) is 23.0 Å². The second kappa shape index (κ2) is 32.3. The van der Waals surface area contributed by atoms with Crippen molar-refractivity contribution in [2.75, 3.05) is 0 Å². The molecule has 10 rings (SSSR count). The number of hydrogen-bond acceptors (Lipinski definition) is 18. The van der Waals surface area contributed by atoms with Gasteiger partial charge in [-0.15, -0.1) is 0 Å². The lowest BCUT2D eigenvalue weighted by molar-refractivity contribution is 0.352. The van der Waals surface area contributed by atoms with E-state index < -0.39 is 246 Å². The van der Waals surface area contributed by atoms with E-state index in [1.807, 2.05) is 0 Å². The summed E-state index contributed by atoms with van der Waals surface area (Å²) >= 11 is 0. The third-order valence-electron chi connectivity index (χ3n) is 13.5. The van der Waals surface area contributed by atoms with Gasteiger partial charge in [0.1, 0.15) is 47.8 Å². The summed E-state index contributed by atoms with van der Waals surface area (Å²) in [5.74, 6) is -53.8. The van der Waals surface area contributed by atoms with E-state index in [1.165, 1.54) is 48.5 Å². The Hall–Kier alpha value is -9.68. The molecule has 10 aromatic carbocycles. The van der Waals surface area contributed by atoms with Gasteiger partial charge in [-0.05, 0) is 128 Å². The topological polar surface area (TPSA) is 288 Å². The smallest absolute Gasteiger partial charge is 0.345 e. The van der Waals surface area contributed by atoms with Crippen LogP contribution < -0.4 is 16.7 Å². The van der Waals surface area contributed by atoms with Gasteiger partial charge in [0.05, 0.1) is 21.8 Å². The third-order valence-corrected chi connectivity index (χ3v) is 26.1. The SMILES string of the molecule is CC(S(=O)(=O)[O-])S(=O)(=O)[O-].O=S(=O)(Oc1ccc([S+](c2ccccc2)c2ccc(OS(=O)(=O)c3c(F)c(F)c(F)c(F)c3F)cc2)cc1)c1c(F)c(F)c(F)c(F)c1F.O=S(=O)(Oc1ccc([S+](c2ccccc2)c2ccc(OS(=O)(=O)c3c(F)c(F)c(F)c(F)c3F)cc2)cc1)c1c(F)c(F)c(F)c(F)c1F.